The highest BCUT2D eigenvalue weighted by Crippen LogP contribution is 2.22. The van der Waals surface area contributed by atoms with E-state index >= 15 is 0 Å². The van der Waals surface area contributed by atoms with Gasteiger partial charge >= 0.3 is 6.18 Å². The zero-order valence-electron chi connectivity index (χ0n) is 11.3. The molecular formula is C13H17F3N2O2. The van der Waals surface area contributed by atoms with Crippen LogP contribution in [0.3, 0.4) is 0 Å². The van der Waals surface area contributed by atoms with Crippen molar-refractivity contribution >= 4 is 17.3 Å². The largest absolute Gasteiger partial charge is 0.414 e. The van der Waals surface area contributed by atoms with Gasteiger partial charge in [0.1, 0.15) is 0 Å². The summed E-state index contributed by atoms with van der Waals surface area (Å²) in [5, 5.41) is 2.59. The average molecular weight is 290 g/mol. The summed E-state index contributed by atoms with van der Waals surface area (Å²) in [4.78, 5) is 11.6. The number of carbonyl (C=O) groups excluding carboxylic acids is 1. The molecule has 1 atom stereocenters. The molecule has 1 aromatic rings. The second-order valence-electron chi connectivity index (χ2n) is 4.43. The van der Waals surface area contributed by atoms with E-state index in [2.05, 4.69) is 10.1 Å². The molecule has 0 saturated heterocycles. The Balaban J connectivity index is 2.41. The van der Waals surface area contributed by atoms with E-state index in [0.717, 1.165) is 12.5 Å². The molecule has 1 unspecified atom stereocenters. The van der Waals surface area contributed by atoms with E-state index in [1.54, 1.807) is 25.1 Å². The molecule has 7 heteroatoms. The lowest BCUT2D eigenvalue weighted by Crippen LogP contribution is -2.29. The highest BCUT2D eigenvalue weighted by atomic mass is 19.4. The fourth-order valence-electron chi connectivity index (χ4n) is 1.46. The Morgan fingerprint density at radius 3 is 2.65 bits per heavy atom. The summed E-state index contributed by atoms with van der Waals surface area (Å²) >= 11 is 0. The molecule has 3 N–H and O–H groups in total. The summed E-state index contributed by atoms with van der Waals surface area (Å²) in [5.74, 6) is -0.410. The van der Waals surface area contributed by atoms with Gasteiger partial charge in [-0.3, -0.25) is 4.79 Å². The predicted octanol–water partition coefficient (Wildman–Crippen LogP) is 2.87. The number of alkyl halides is 3. The Morgan fingerprint density at radius 1 is 1.45 bits per heavy atom. The summed E-state index contributed by atoms with van der Waals surface area (Å²) in [7, 11) is 0. The first kappa shape index (κ1) is 16.3. The number of rotatable bonds is 5. The molecule has 0 radical (unpaired) electrons. The Morgan fingerprint density at radius 2 is 2.10 bits per heavy atom. The molecule has 1 amide bonds. The highest BCUT2D eigenvalue weighted by Gasteiger charge is 2.36. The molecule has 4 nitrogen and oxygen atoms in total. The van der Waals surface area contributed by atoms with Crippen LogP contribution >= 0.6 is 0 Å². The fourth-order valence-corrected chi connectivity index (χ4v) is 1.46. The zero-order chi connectivity index (χ0) is 15.3. The van der Waals surface area contributed by atoms with Crippen LogP contribution in [0, 0.1) is 6.92 Å². The van der Waals surface area contributed by atoms with Gasteiger partial charge in [0.2, 0.25) is 5.91 Å². The number of ether oxygens (including phenoxy) is 1. The van der Waals surface area contributed by atoms with E-state index < -0.39 is 18.2 Å². The van der Waals surface area contributed by atoms with Gasteiger partial charge in [-0.2, -0.15) is 13.2 Å². The second kappa shape index (κ2) is 6.60. The SMILES string of the molecule is Cc1cc(N)ccc1NC(=O)CCOC(C)C(F)(F)F. The van der Waals surface area contributed by atoms with Crippen LogP contribution in [0.1, 0.15) is 18.9 Å². The van der Waals surface area contributed by atoms with Crippen molar-refractivity contribution in [1.82, 2.24) is 0 Å². The number of hydrogen-bond acceptors (Lipinski definition) is 3. The molecule has 0 aromatic heterocycles. The molecule has 112 valence electrons. The Bertz CT molecular complexity index is 475. The summed E-state index contributed by atoms with van der Waals surface area (Å²) < 4.78 is 41.1. The summed E-state index contributed by atoms with van der Waals surface area (Å²) in [6, 6.07) is 4.96. The molecule has 0 saturated carbocycles. The highest BCUT2D eigenvalue weighted by molar-refractivity contribution is 5.91. The topological polar surface area (TPSA) is 64.3 Å². The maximum atomic E-state index is 12.2. The van der Waals surface area contributed by atoms with Gasteiger partial charge in [-0.05, 0) is 37.6 Å². The first-order chi connectivity index (χ1) is 9.20. The maximum absolute atomic E-state index is 12.2. The molecule has 1 aromatic carbocycles. The van der Waals surface area contributed by atoms with Gasteiger partial charge in [0, 0.05) is 11.4 Å². The van der Waals surface area contributed by atoms with E-state index in [1.165, 1.54) is 0 Å². The van der Waals surface area contributed by atoms with E-state index in [0.29, 0.717) is 11.4 Å². The van der Waals surface area contributed by atoms with Gasteiger partial charge in [0.15, 0.2) is 6.10 Å². The lowest BCUT2D eigenvalue weighted by molar-refractivity contribution is -0.214. The normalized spacial score (nSPS) is 13.1. The molecule has 0 spiro atoms. The van der Waals surface area contributed by atoms with Gasteiger partial charge in [0.25, 0.3) is 0 Å². The molecule has 0 aliphatic heterocycles. The number of anilines is 2. The van der Waals surface area contributed by atoms with E-state index in [-0.39, 0.29) is 13.0 Å². The molecule has 0 aliphatic carbocycles. The number of halogens is 3. The van der Waals surface area contributed by atoms with E-state index in [1.807, 2.05) is 0 Å². The Hall–Kier alpha value is -1.76. The minimum absolute atomic E-state index is 0.149. The third kappa shape index (κ3) is 5.08. The number of benzene rings is 1. The van der Waals surface area contributed by atoms with Crippen LogP contribution in [0.5, 0.6) is 0 Å². The van der Waals surface area contributed by atoms with E-state index in [9.17, 15) is 18.0 Å². The first-order valence-electron chi connectivity index (χ1n) is 6.04. The predicted molar refractivity (Wildman–Crippen MR) is 70.3 cm³/mol. The molecule has 0 aliphatic rings. The number of aryl methyl sites for hydroxylation is 1. The van der Waals surface area contributed by atoms with Gasteiger partial charge in [0.05, 0.1) is 13.0 Å². The zero-order valence-corrected chi connectivity index (χ0v) is 11.3. The summed E-state index contributed by atoms with van der Waals surface area (Å²) in [6.45, 7) is 2.39. The molecular weight excluding hydrogens is 273 g/mol. The van der Waals surface area contributed by atoms with Crippen molar-refractivity contribution in [3.05, 3.63) is 23.8 Å². The quantitative estimate of drug-likeness (QED) is 0.820. The number of hydrogen-bond donors (Lipinski definition) is 2. The van der Waals surface area contributed by atoms with Crippen LogP contribution in [0.15, 0.2) is 18.2 Å². The molecule has 0 bridgehead atoms. The van der Waals surface area contributed by atoms with Crippen molar-refractivity contribution < 1.29 is 22.7 Å². The Labute approximate surface area is 115 Å². The first-order valence-corrected chi connectivity index (χ1v) is 6.04. The number of nitrogen functional groups attached to an aromatic ring is 1. The van der Waals surface area contributed by atoms with Gasteiger partial charge in [-0.25, -0.2) is 0 Å². The van der Waals surface area contributed by atoms with Gasteiger partial charge < -0.3 is 15.8 Å². The van der Waals surface area contributed by atoms with Crippen LogP contribution in [0.2, 0.25) is 0 Å². The second-order valence-corrected chi connectivity index (χ2v) is 4.43. The van der Waals surface area contributed by atoms with Crippen molar-refractivity contribution in [2.24, 2.45) is 0 Å². The summed E-state index contributed by atoms with van der Waals surface area (Å²) in [5.41, 5.74) is 7.50. The smallest absolute Gasteiger partial charge is 0.399 e. The average Bonchev–Trinajstić information content (AvgIpc) is 2.31. The molecule has 0 heterocycles. The minimum atomic E-state index is -4.41. The number of amides is 1. The molecule has 20 heavy (non-hydrogen) atoms. The maximum Gasteiger partial charge on any atom is 0.414 e. The van der Waals surface area contributed by atoms with Crippen LogP contribution < -0.4 is 11.1 Å². The Kier molecular flexibility index (Phi) is 5.38. The molecule has 1 rings (SSSR count). The third-order valence-electron chi connectivity index (χ3n) is 2.68. The fraction of sp³-hybridized carbons (Fsp3) is 0.462. The van der Waals surface area contributed by atoms with Crippen LogP contribution in [0.25, 0.3) is 0 Å². The van der Waals surface area contributed by atoms with Crippen molar-refractivity contribution in [2.75, 3.05) is 17.7 Å². The number of carbonyl (C=O) groups is 1. The number of nitrogens with two attached hydrogens (primary N) is 1. The van der Waals surface area contributed by atoms with Crippen molar-refractivity contribution in [3.8, 4) is 0 Å². The standard InChI is InChI=1S/C13H17F3N2O2/c1-8-7-10(17)3-4-11(8)18-12(19)5-6-20-9(2)13(14,15)16/h3-4,7,9H,5-6,17H2,1-2H3,(H,18,19). The number of nitrogens with one attached hydrogen (secondary N) is 1. The van der Waals surface area contributed by atoms with Crippen molar-refractivity contribution in [1.29, 1.82) is 0 Å². The lowest BCUT2D eigenvalue weighted by atomic mass is 10.2. The van der Waals surface area contributed by atoms with Crippen LogP contribution in [-0.2, 0) is 9.53 Å². The van der Waals surface area contributed by atoms with E-state index in [4.69, 9.17) is 5.73 Å². The third-order valence-corrected chi connectivity index (χ3v) is 2.68. The molecule has 0 fully saturated rings. The van der Waals surface area contributed by atoms with Gasteiger partial charge in [-0.15, -0.1) is 0 Å². The van der Waals surface area contributed by atoms with Gasteiger partial charge in [-0.1, -0.05) is 0 Å². The lowest BCUT2D eigenvalue weighted by Gasteiger charge is -2.16. The summed E-state index contributed by atoms with van der Waals surface area (Å²) in [6.07, 6.45) is -6.44. The minimum Gasteiger partial charge on any atom is -0.399 e. The van der Waals surface area contributed by atoms with Crippen molar-refractivity contribution in [3.63, 3.8) is 0 Å². The van der Waals surface area contributed by atoms with Crippen LogP contribution in [0.4, 0.5) is 24.5 Å². The monoisotopic (exact) mass is 290 g/mol. The van der Waals surface area contributed by atoms with Crippen LogP contribution in [-0.4, -0.2) is 24.8 Å². The van der Waals surface area contributed by atoms with Crippen molar-refractivity contribution in [2.45, 2.75) is 32.5 Å².